The number of hydrogen-bond donors (Lipinski definition) is 2. The molecule has 6 heteroatoms. The lowest BCUT2D eigenvalue weighted by Crippen LogP contribution is -2.05. The highest BCUT2D eigenvalue weighted by Crippen LogP contribution is 2.14. The van der Waals surface area contributed by atoms with Gasteiger partial charge in [0.1, 0.15) is 0 Å². The summed E-state index contributed by atoms with van der Waals surface area (Å²) in [4.78, 5) is 0. The molecule has 0 spiro atoms. The van der Waals surface area contributed by atoms with Crippen molar-refractivity contribution >= 4 is 24.8 Å². The molecule has 0 aliphatic carbocycles. The van der Waals surface area contributed by atoms with Gasteiger partial charge < -0.3 is 22.4 Å². The molecule has 0 heterocycles. The van der Waals surface area contributed by atoms with Gasteiger partial charge in [-0.15, -0.1) is 24.8 Å². The fourth-order valence-corrected chi connectivity index (χ4v) is 1.39. The lowest BCUT2D eigenvalue weighted by Gasteiger charge is -2.08. The number of benzene rings is 1. The average molecular weight is 273 g/mol. The molecule has 0 radical (unpaired) electrons. The third kappa shape index (κ3) is 5.65. The van der Waals surface area contributed by atoms with Gasteiger partial charge in [-0.3, -0.25) is 0 Å². The molecule has 0 amide bonds. The van der Waals surface area contributed by atoms with Crippen LogP contribution >= 0.6 is 24.8 Å². The van der Waals surface area contributed by atoms with Crippen LogP contribution in [0.5, 0.6) is 0 Å². The predicted molar refractivity (Wildman–Crippen MR) is 73.4 cm³/mol. The minimum atomic E-state index is 0. The zero-order valence-electron chi connectivity index (χ0n) is 9.54. The van der Waals surface area contributed by atoms with Crippen LogP contribution in [0.4, 0.5) is 0 Å². The number of nitrogens with two attached hydrogens (primary N) is 2. The van der Waals surface area contributed by atoms with Crippen molar-refractivity contribution in [3.63, 3.8) is 0 Å². The maximum absolute atomic E-state index is 5.58. The highest BCUT2D eigenvalue weighted by Gasteiger charge is 2.01. The quantitative estimate of drug-likeness (QED) is 0.812. The molecule has 4 nitrogen and oxygen atoms in total. The molecular weight excluding hydrogens is 251 g/mol. The maximum Gasteiger partial charge on any atom is 0.0180 e. The Labute approximate surface area is 109 Å². The summed E-state index contributed by atoms with van der Waals surface area (Å²) in [6.07, 6.45) is 0. The van der Waals surface area contributed by atoms with E-state index in [1.165, 1.54) is 22.3 Å². The third-order valence-corrected chi connectivity index (χ3v) is 2.23. The van der Waals surface area contributed by atoms with Crippen molar-refractivity contribution in [1.29, 1.82) is 0 Å². The molecule has 0 bridgehead atoms. The second-order valence-electron chi connectivity index (χ2n) is 3.11. The molecule has 1 aromatic rings. The summed E-state index contributed by atoms with van der Waals surface area (Å²) in [6, 6.07) is 4.25. The minimum absolute atomic E-state index is 0. The van der Waals surface area contributed by atoms with Crippen LogP contribution in [-0.2, 0) is 13.1 Å². The van der Waals surface area contributed by atoms with Gasteiger partial charge in [-0.1, -0.05) is 12.1 Å². The second kappa shape index (κ2) is 11.1. The normalized spacial score (nSPS) is 7.75. The van der Waals surface area contributed by atoms with E-state index in [0.717, 1.165) is 0 Å². The third-order valence-electron chi connectivity index (χ3n) is 2.23. The maximum atomic E-state index is 5.58. The first-order chi connectivity index (χ1) is 5.69. The Hall–Kier alpha value is -0.360. The number of hydrogen-bond acceptors (Lipinski definition) is 2. The highest BCUT2D eigenvalue weighted by atomic mass is 35.5. The fraction of sp³-hybridized carbons (Fsp3) is 0.400. The van der Waals surface area contributed by atoms with E-state index in [1.807, 2.05) is 0 Å². The van der Waals surface area contributed by atoms with Gasteiger partial charge in [0.25, 0.3) is 0 Å². The second-order valence-corrected chi connectivity index (χ2v) is 3.11. The molecule has 0 saturated carbocycles. The first kappa shape index (κ1) is 24.7. The molecule has 0 aliphatic rings. The van der Waals surface area contributed by atoms with Gasteiger partial charge in [0.15, 0.2) is 0 Å². The number of halogens is 2. The molecule has 0 aliphatic heterocycles. The molecule has 1 rings (SSSR count). The van der Waals surface area contributed by atoms with Crippen LogP contribution in [0.3, 0.4) is 0 Å². The topological polar surface area (TPSA) is 115 Å². The summed E-state index contributed by atoms with van der Waals surface area (Å²) in [7, 11) is 0. The fourth-order valence-electron chi connectivity index (χ4n) is 1.39. The van der Waals surface area contributed by atoms with Gasteiger partial charge in [0.05, 0.1) is 0 Å². The van der Waals surface area contributed by atoms with Crippen LogP contribution in [0, 0.1) is 13.8 Å². The van der Waals surface area contributed by atoms with Crippen molar-refractivity contribution in [3.05, 3.63) is 34.4 Å². The summed E-state index contributed by atoms with van der Waals surface area (Å²) >= 11 is 0. The Morgan fingerprint density at radius 3 is 1.38 bits per heavy atom. The summed E-state index contributed by atoms with van der Waals surface area (Å²) in [6.45, 7) is 5.35. The van der Waals surface area contributed by atoms with Crippen LogP contribution in [0.25, 0.3) is 0 Å². The zero-order valence-corrected chi connectivity index (χ0v) is 11.2. The Morgan fingerprint density at radius 1 is 0.812 bits per heavy atom. The monoisotopic (exact) mass is 272 g/mol. The largest absolute Gasteiger partial charge is 0.412 e. The minimum Gasteiger partial charge on any atom is -0.412 e. The van der Waals surface area contributed by atoms with Gasteiger partial charge in [-0.05, 0) is 36.1 Å². The van der Waals surface area contributed by atoms with Crippen LogP contribution < -0.4 is 11.5 Å². The lowest BCUT2D eigenvalue weighted by atomic mass is 10.0. The van der Waals surface area contributed by atoms with E-state index in [-0.39, 0.29) is 35.8 Å². The SMILES string of the molecule is Cc1cc(C)c(CN)cc1CN.Cl.Cl.O.O. The van der Waals surface area contributed by atoms with Gasteiger partial charge in [0, 0.05) is 13.1 Å². The van der Waals surface area contributed by atoms with Crippen molar-refractivity contribution in [2.75, 3.05) is 0 Å². The zero-order chi connectivity index (χ0) is 9.14. The first-order valence-electron chi connectivity index (χ1n) is 4.18. The Balaban J connectivity index is -0.000000180. The summed E-state index contributed by atoms with van der Waals surface area (Å²) in [5.74, 6) is 0. The molecule has 8 N–H and O–H groups in total. The van der Waals surface area contributed by atoms with E-state index >= 15 is 0 Å². The summed E-state index contributed by atoms with van der Waals surface area (Å²) in [5.41, 5.74) is 16.1. The van der Waals surface area contributed by atoms with E-state index in [1.54, 1.807) is 0 Å². The Morgan fingerprint density at radius 2 is 1.12 bits per heavy atom. The predicted octanol–water partition coefficient (Wildman–Crippen LogP) is 0.415. The molecular formula is C10H22Cl2N2O2. The van der Waals surface area contributed by atoms with Crippen molar-refractivity contribution in [1.82, 2.24) is 0 Å². The van der Waals surface area contributed by atoms with Gasteiger partial charge in [0.2, 0.25) is 0 Å². The standard InChI is InChI=1S/C10H16N2.2ClH.2H2O/c1-7-3-8(2)10(6-12)4-9(7)5-11;;;;/h3-4H,5-6,11-12H2,1-2H3;2*1H;2*1H2. The number of aryl methyl sites for hydroxylation is 2. The van der Waals surface area contributed by atoms with Crippen LogP contribution in [-0.4, -0.2) is 11.0 Å². The molecule has 0 unspecified atom stereocenters. The van der Waals surface area contributed by atoms with E-state index in [9.17, 15) is 0 Å². The molecule has 16 heavy (non-hydrogen) atoms. The molecule has 0 saturated heterocycles. The highest BCUT2D eigenvalue weighted by molar-refractivity contribution is 5.85. The van der Waals surface area contributed by atoms with Crippen molar-refractivity contribution in [2.24, 2.45) is 11.5 Å². The van der Waals surface area contributed by atoms with Crippen molar-refractivity contribution < 1.29 is 11.0 Å². The van der Waals surface area contributed by atoms with E-state index in [2.05, 4.69) is 26.0 Å². The van der Waals surface area contributed by atoms with Crippen LogP contribution in [0.15, 0.2) is 12.1 Å². The summed E-state index contributed by atoms with van der Waals surface area (Å²) < 4.78 is 0. The number of rotatable bonds is 2. The van der Waals surface area contributed by atoms with Crippen LogP contribution in [0.2, 0.25) is 0 Å². The van der Waals surface area contributed by atoms with Crippen molar-refractivity contribution in [3.8, 4) is 0 Å². The Kier molecular flexibility index (Phi) is 17.2. The Bertz CT molecular complexity index is 271. The van der Waals surface area contributed by atoms with E-state index in [0.29, 0.717) is 13.1 Å². The molecule has 0 fully saturated rings. The summed E-state index contributed by atoms with van der Waals surface area (Å²) in [5, 5.41) is 0. The smallest absolute Gasteiger partial charge is 0.0180 e. The first-order valence-corrected chi connectivity index (χ1v) is 4.18. The molecule has 98 valence electrons. The van der Waals surface area contributed by atoms with Gasteiger partial charge in [-0.2, -0.15) is 0 Å². The lowest BCUT2D eigenvalue weighted by molar-refractivity contribution is 0.823. The van der Waals surface area contributed by atoms with Gasteiger partial charge >= 0.3 is 0 Å². The van der Waals surface area contributed by atoms with E-state index in [4.69, 9.17) is 11.5 Å². The van der Waals surface area contributed by atoms with E-state index < -0.39 is 0 Å². The van der Waals surface area contributed by atoms with Crippen LogP contribution in [0.1, 0.15) is 22.3 Å². The molecule has 1 aromatic carbocycles. The molecule has 0 atom stereocenters. The van der Waals surface area contributed by atoms with Gasteiger partial charge in [-0.25, -0.2) is 0 Å². The van der Waals surface area contributed by atoms with Crippen molar-refractivity contribution in [2.45, 2.75) is 26.9 Å². The average Bonchev–Trinajstić information content (AvgIpc) is 2.05. The molecule has 0 aromatic heterocycles.